The largest absolute Gasteiger partial charge is 0.455 e. The summed E-state index contributed by atoms with van der Waals surface area (Å²) in [6, 6.07) is 15.3. The minimum Gasteiger partial charge on any atom is -0.455 e. The SMILES string of the molecule is O=C(NNC(=O)c1ccc(CS(=O)(=O)c2ccccc2)o1)c1ccc(F)cc1. The molecule has 0 saturated carbocycles. The first-order chi connectivity index (χ1) is 13.3. The number of carbonyl (C=O) groups is 2. The number of furan rings is 1. The van der Waals surface area contributed by atoms with Crippen molar-refractivity contribution in [1.29, 1.82) is 0 Å². The Morgan fingerprint density at radius 2 is 1.50 bits per heavy atom. The highest BCUT2D eigenvalue weighted by Crippen LogP contribution is 2.18. The van der Waals surface area contributed by atoms with Crippen molar-refractivity contribution in [2.75, 3.05) is 0 Å². The van der Waals surface area contributed by atoms with Crippen molar-refractivity contribution in [2.45, 2.75) is 10.6 Å². The summed E-state index contributed by atoms with van der Waals surface area (Å²) in [5.74, 6) is -2.40. The number of nitrogens with one attached hydrogen (secondary N) is 2. The van der Waals surface area contributed by atoms with Crippen LogP contribution in [0.25, 0.3) is 0 Å². The number of hydrogen-bond donors (Lipinski definition) is 2. The van der Waals surface area contributed by atoms with Gasteiger partial charge in [-0.05, 0) is 48.5 Å². The monoisotopic (exact) mass is 402 g/mol. The van der Waals surface area contributed by atoms with Crippen LogP contribution in [0.4, 0.5) is 4.39 Å². The van der Waals surface area contributed by atoms with Crippen LogP contribution in [0.1, 0.15) is 26.7 Å². The molecular weight excluding hydrogens is 387 g/mol. The summed E-state index contributed by atoms with van der Waals surface area (Å²) in [5, 5.41) is 0. The van der Waals surface area contributed by atoms with Crippen molar-refractivity contribution >= 4 is 21.7 Å². The molecular formula is C19H15FN2O5S. The smallest absolute Gasteiger partial charge is 0.305 e. The van der Waals surface area contributed by atoms with E-state index in [9.17, 15) is 22.4 Å². The molecule has 0 spiro atoms. The van der Waals surface area contributed by atoms with E-state index in [1.165, 1.54) is 36.4 Å². The van der Waals surface area contributed by atoms with Crippen LogP contribution in [0, 0.1) is 5.82 Å². The standard InChI is InChI=1S/C19H15FN2O5S/c20-14-8-6-13(7-9-14)18(23)21-22-19(24)17-11-10-15(27-17)12-28(25,26)16-4-2-1-3-5-16/h1-11H,12H2,(H,21,23)(H,22,24). The fraction of sp³-hybridized carbons (Fsp3) is 0.0526. The molecule has 28 heavy (non-hydrogen) atoms. The number of halogens is 1. The number of benzene rings is 2. The highest BCUT2D eigenvalue weighted by atomic mass is 32.2. The van der Waals surface area contributed by atoms with Gasteiger partial charge in [0.2, 0.25) is 0 Å². The molecule has 0 aliphatic heterocycles. The number of hydrogen-bond acceptors (Lipinski definition) is 5. The molecule has 3 rings (SSSR count). The Bertz CT molecular complexity index is 1090. The maximum absolute atomic E-state index is 12.9. The molecule has 0 bridgehead atoms. The molecule has 144 valence electrons. The summed E-state index contributed by atoms with van der Waals surface area (Å²) in [4.78, 5) is 24.1. The molecule has 0 aliphatic carbocycles. The lowest BCUT2D eigenvalue weighted by molar-refractivity contribution is 0.0830. The van der Waals surface area contributed by atoms with E-state index in [0.29, 0.717) is 0 Å². The van der Waals surface area contributed by atoms with Crippen LogP contribution in [0.2, 0.25) is 0 Å². The van der Waals surface area contributed by atoms with Crippen molar-refractivity contribution in [1.82, 2.24) is 10.9 Å². The van der Waals surface area contributed by atoms with Crippen LogP contribution in [0.3, 0.4) is 0 Å². The van der Waals surface area contributed by atoms with Crippen LogP contribution >= 0.6 is 0 Å². The summed E-state index contributed by atoms with van der Waals surface area (Å²) in [7, 11) is -3.62. The molecule has 0 unspecified atom stereocenters. The van der Waals surface area contributed by atoms with Crippen molar-refractivity contribution < 1.29 is 26.8 Å². The van der Waals surface area contributed by atoms with E-state index in [1.54, 1.807) is 18.2 Å². The number of amides is 2. The Hall–Kier alpha value is -3.46. The predicted molar refractivity (Wildman–Crippen MR) is 97.4 cm³/mol. The van der Waals surface area contributed by atoms with Gasteiger partial charge >= 0.3 is 5.91 Å². The van der Waals surface area contributed by atoms with E-state index in [-0.39, 0.29) is 22.0 Å². The third kappa shape index (κ3) is 4.63. The Morgan fingerprint density at radius 1 is 0.857 bits per heavy atom. The lowest BCUT2D eigenvalue weighted by atomic mass is 10.2. The zero-order valence-corrected chi connectivity index (χ0v) is 15.2. The summed E-state index contributed by atoms with van der Waals surface area (Å²) >= 11 is 0. The van der Waals surface area contributed by atoms with Crippen LogP contribution in [0.15, 0.2) is 76.0 Å². The molecule has 9 heteroatoms. The number of carbonyl (C=O) groups excluding carboxylic acids is 2. The summed E-state index contributed by atoms with van der Waals surface area (Å²) < 4.78 is 42.8. The van der Waals surface area contributed by atoms with E-state index >= 15 is 0 Å². The van der Waals surface area contributed by atoms with Gasteiger partial charge < -0.3 is 4.42 Å². The van der Waals surface area contributed by atoms with E-state index in [2.05, 4.69) is 10.9 Å². The molecule has 0 radical (unpaired) electrons. The first-order valence-corrected chi connectivity index (χ1v) is 9.73. The minimum absolute atomic E-state index is 0.0823. The van der Waals surface area contributed by atoms with Crippen molar-refractivity contribution in [3.63, 3.8) is 0 Å². The zero-order valence-electron chi connectivity index (χ0n) is 14.4. The third-order valence-electron chi connectivity index (χ3n) is 3.72. The van der Waals surface area contributed by atoms with Gasteiger partial charge in [-0.3, -0.25) is 20.4 Å². The molecule has 2 amide bonds. The molecule has 1 heterocycles. The van der Waals surface area contributed by atoms with Crippen molar-refractivity contribution in [3.8, 4) is 0 Å². The van der Waals surface area contributed by atoms with Gasteiger partial charge in [-0.15, -0.1) is 0 Å². The fourth-order valence-corrected chi connectivity index (χ4v) is 3.59. The Labute approximate surface area is 160 Å². The Balaban J connectivity index is 1.61. The van der Waals surface area contributed by atoms with Crippen LogP contribution in [-0.2, 0) is 15.6 Å². The Morgan fingerprint density at radius 3 is 2.18 bits per heavy atom. The van der Waals surface area contributed by atoms with Gasteiger partial charge in [0.25, 0.3) is 5.91 Å². The molecule has 7 nitrogen and oxygen atoms in total. The minimum atomic E-state index is -3.62. The van der Waals surface area contributed by atoms with E-state index in [1.807, 2.05) is 0 Å². The predicted octanol–water partition coefficient (Wildman–Crippen LogP) is 2.47. The number of hydrazine groups is 1. The average molecular weight is 402 g/mol. The van der Waals surface area contributed by atoms with Gasteiger partial charge in [-0.1, -0.05) is 18.2 Å². The maximum Gasteiger partial charge on any atom is 0.305 e. The normalized spacial score (nSPS) is 11.0. The highest BCUT2D eigenvalue weighted by Gasteiger charge is 2.19. The first-order valence-electron chi connectivity index (χ1n) is 8.08. The fourth-order valence-electron chi connectivity index (χ4n) is 2.32. The van der Waals surface area contributed by atoms with E-state index in [4.69, 9.17) is 4.42 Å². The van der Waals surface area contributed by atoms with Crippen LogP contribution < -0.4 is 10.9 Å². The second-order valence-corrected chi connectivity index (χ2v) is 7.74. The second kappa shape index (κ2) is 8.05. The van der Waals surface area contributed by atoms with Gasteiger partial charge in [0, 0.05) is 5.56 Å². The quantitative estimate of drug-likeness (QED) is 0.638. The number of sulfone groups is 1. The zero-order chi connectivity index (χ0) is 20.1. The van der Waals surface area contributed by atoms with Gasteiger partial charge in [-0.2, -0.15) is 0 Å². The van der Waals surface area contributed by atoms with Crippen LogP contribution in [-0.4, -0.2) is 20.2 Å². The van der Waals surface area contributed by atoms with Crippen molar-refractivity contribution in [2.24, 2.45) is 0 Å². The van der Waals surface area contributed by atoms with Gasteiger partial charge in [0.05, 0.1) is 4.90 Å². The van der Waals surface area contributed by atoms with E-state index < -0.39 is 33.2 Å². The van der Waals surface area contributed by atoms with Gasteiger partial charge in [0.15, 0.2) is 15.6 Å². The lowest BCUT2D eigenvalue weighted by Gasteiger charge is -2.06. The highest BCUT2D eigenvalue weighted by molar-refractivity contribution is 7.90. The average Bonchev–Trinajstić information content (AvgIpc) is 3.15. The lowest BCUT2D eigenvalue weighted by Crippen LogP contribution is -2.41. The topological polar surface area (TPSA) is 105 Å². The molecule has 0 saturated heterocycles. The summed E-state index contributed by atoms with van der Waals surface area (Å²) in [5.41, 5.74) is 4.45. The maximum atomic E-state index is 12.9. The van der Waals surface area contributed by atoms with E-state index in [0.717, 1.165) is 12.1 Å². The first kappa shape index (κ1) is 19.3. The molecule has 2 N–H and O–H groups in total. The molecule has 0 atom stereocenters. The number of rotatable bonds is 5. The van der Waals surface area contributed by atoms with Crippen molar-refractivity contribution in [3.05, 3.63) is 89.6 Å². The molecule has 0 fully saturated rings. The van der Waals surface area contributed by atoms with Gasteiger partial charge in [0.1, 0.15) is 17.3 Å². The van der Waals surface area contributed by atoms with Crippen LogP contribution in [0.5, 0.6) is 0 Å². The van der Waals surface area contributed by atoms with Gasteiger partial charge in [-0.25, -0.2) is 12.8 Å². The summed E-state index contributed by atoms with van der Waals surface area (Å²) in [6.07, 6.45) is 0. The molecule has 0 aliphatic rings. The molecule has 1 aromatic heterocycles. The summed E-state index contributed by atoms with van der Waals surface area (Å²) in [6.45, 7) is 0. The Kier molecular flexibility index (Phi) is 5.55. The molecule has 2 aromatic carbocycles. The second-order valence-electron chi connectivity index (χ2n) is 5.75. The third-order valence-corrected chi connectivity index (χ3v) is 5.37. The molecule has 3 aromatic rings.